The summed E-state index contributed by atoms with van der Waals surface area (Å²) in [6.45, 7) is 7.30. The smallest absolute Gasteiger partial charge is 0.410 e. The molecule has 2 aromatic carbocycles. The Hall–Kier alpha value is -2.80. The Morgan fingerprint density at radius 1 is 1.00 bits per heavy atom. The number of amides is 1. The lowest BCUT2D eigenvalue weighted by atomic mass is 10.00. The minimum Gasteiger partial charge on any atom is -0.497 e. The van der Waals surface area contributed by atoms with Crippen molar-refractivity contribution >= 4 is 22.8 Å². The van der Waals surface area contributed by atoms with Crippen LogP contribution in [-0.2, 0) is 9.53 Å². The molecule has 156 valence electrons. The van der Waals surface area contributed by atoms with Crippen molar-refractivity contribution in [1.82, 2.24) is 9.80 Å². The maximum Gasteiger partial charge on any atom is 0.410 e. The van der Waals surface area contributed by atoms with Crippen molar-refractivity contribution in [2.45, 2.75) is 32.4 Å². The molecule has 0 spiro atoms. The van der Waals surface area contributed by atoms with E-state index in [-0.39, 0.29) is 6.09 Å². The molecule has 1 saturated heterocycles. The number of carboxylic acid groups (broad SMARTS) is 1. The van der Waals surface area contributed by atoms with Crippen molar-refractivity contribution in [3.05, 3.63) is 42.0 Å². The van der Waals surface area contributed by atoms with Gasteiger partial charge in [-0.3, -0.25) is 9.69 Å². The highest BCUT2D eigenvalue weighted by Crippen LogP contribution is 2.28. The third-order valence-corrected chi connectivity index (χ3v) is 4.95. The quantitative estimate of drug-likeness (QED) is 0.846. The van der Waals surface area contributed by atoms with Crippen molar-refractivity contribution in [1.29, 1.82) is 0 Å². The highest BCUT2D eigenvalue weighted by atomic mass is 16.6. The Bertz CT molecular complexity index is 898. The molecule has 0 saturated carbocycles. The summed E-state index contributed by atoms with van der Waals surface area (Å²) in [6.07, 6.45) is -0.358. The van der Waals surface area contributed by atoms with E-state index >= 15 is 0 Å². The average molecular weight is 400 g/mol. The topological polar surface area (TPSA) is 79.3 Å². The summed E-state index contributed by atoms with van der Waals surface area (Å²) in [6, 6.07) is 10.6. The number of carbonyl (C=O) groups is 2. The number of carboxylic acids is 1. The van der Waals surface area contributed by atoms with Gasteiger partial charge in [-0.1, -0.05) is 18.2 Å². The lowest BCUT2D eigenvalue weighted by Gasteiger charge is -2.38. The summed E-state index contributed by atoms with van der Waals surface area (Å²) in [5.74, 6) is -0.137. The summed E-state index contributed by atoms with van der Waals surface area (Å²) in [5.41, 5.74) is 0.173. The number of benzene rings is 2. The first kappa shape index (κ1) is 20.9. The monoisotopic (exact) mass is 400 g/mol. The van der Waals surface area contributed by atoms with Gasteiger partial charge in [-0.2, -0.15) is 0 Å². The number of hydrogen-bond acceptors (Lipinski definition) is 5. The molecule has 7 nitrogen and oxygen atoms in total. The second-order valence-corrected chi connectivity index (χ2v) is 8.22. The molecule has 1 atom stereocenters. The van der Waals surface area contributed by atoms with Gasteiger partial charge in [0.15, 0.2) is 0 Å². The third kappa shape index (κ3) is 4.98. The maximum absolute atomic E-state index is 12.3. The summed E-state index contributed by atoms with van der Waals surface area (Å²) in [4.78, 5) is 27.9. The van der Waals surface area contributed by atoms with Crippen molar-refractivity contribution < 1.29 is 24.2 Å². The van der Waals surface area contributed by atoms with E-state index in [4.69, 9.17) is 9.47 Å². The van der Waals surface area contributed by atoms with Crippen molar-refractivity contribution in [2.24, 2.45) is 0 Å². The van der Waals surface area contributed by atoms with Gasteiger partial charge in [0.25, 0.3) is 0 Å². The summed E-state index contributed by atoms with van der Waals surface area (Å²) in [7, 11) is 1.62. The van der Waals surface area contributed by atoms with Crippen LogP contribution in [-0.4, -0.2) is 65.9 Å². The first-order valence-corrected chi connectivity index (χ1v) is 9.70. The number of ether oxygens (including phenoxy) is 2. The standard InChI is InChI=1S/C22H28N2O5/c1-22(2,3)29-21(27)24-11-9-23(10-12-24)19(20(25)26)17-6-5-16-14-18(28-4)8-7-15(16)13-17/h5-8,13-14,19H,9-12H2,1-4H3,(H,25,26). The normalized spacial score (nSPS) is 16.5. The highest BCUT2D eigenvalue weighted by molar-refractivity contribution is 5.86. The number of rotatable bonds is 4. The molecule has 2 aromatic rings. The van der Waals surface area contributed by atoms with Gasteiger partial charge >= 0.3 is 12.1 Å². The van der Waals surface area contributed by atoms with Crippen LogP contribution < -0.4 is 4.74 Å². The zero-order valence-corrected chi connectivity index (χ0v) is 17.3. The van der Waals surface area contributed by atoms with Crippen molar-refractivity contribution in [2.75, 3.05) is 33.3 Å². The minimum atomic E-state index is -0.899. The van der Waals surface area contributed by atoms with E-state index in [1.165, 1.54) is 0 Å². The van der Waals surface area contributed by atoms with E-state index in [1.807, 2.05) is 62.1 Å². The number of carbonyl (C=O) groups excluding carboxylic acids is 1. The molecule has 1 N–H and O–H groups in total. The highest BCUT2D eigenvalue weighted by Gasteiger charge is 2.33. The Balaban J connectivity index is 1.75. The molecule has 1 aliphatic rings. The summed E-state index contributed by atoms with van der Waals surface area (Å²) in [5, 5.41) is 11.8. The van der Waals surface area contributed by atoms with Crippen LogP contribution in [0.5, 0.6) is 5.75 Å². The molecule has 0 aromatic heterocycles. The van der Waals surface area contributed by atoms with E-state index in [0.717, 1.165) is 22.1 Å². The van der Waals surface area contributed by atoms with Gasteiger partial charge in [0.1, 0.15) is 17.4 Å². The molecule has 0 bridgehead atoms. The fourth-order valence-corrected chi connectivity index (χ4v) is 3.54. The van der Waals surface area contributed by atoms with Crippen LogP contribution in [0.25, 0.3) is 10.8 Å². The Morgan fingerprint density at radius 3 is 2.21 bits per heavy atom. The van der Waals surface area contributed by atoms with Crippen LogP contribution in [0.1, 0.15) is 32.4 Å². The lowest BCUT2D eigenvalue weighted by Crippen LogP contribution is -2.51. The summed E-state index contributed by atoms with van der Waals surface area (Å²) >= 11 is 0. The number of hydrogen-bond donors (Lipinski definition) is 1. The largest absolute Gasteiger partial charge is 0.497 e. The van der Waals surface area contributed by atoms with Crippen molar-refractivity contribution in [3.63, 3.8) is 0 Å². The maximum atomic E-state index is 12.3. The molecule has 3 rings (SSSR count). The van der Waals surface area contributed by atoms with E-state index in [2.05, 4.69) is 0 Å². The molecular formula is C22H28N2O5. The lowest BCUT2D eigenvalue weighted by molar-refractivity contribution is -0.144. The van der Waals surface area contributed by atoms with Gasteiger partial charge < -0.3 is 19.5 Å². The molecule has 7 heteroatoms. The van der Waals surface area contributed by atoms with Gasteiger partial charge in [0.2, 0.25) is 0 Å². The predicted octanol–water partition coefficient (Wildman–Crippen LogP) is 3.53. The molecular weight excluding hydrogens is 372 g/mol. The first-order valence-electron chi connectivity index (χ1n) is 9.70. The van der Waals surface area contributed by atoms with E-state index in [1.54, 1.807) is 12.0 Å². The molecule has 0 aliphatic carbocycles. The van der Waals surface area contributed by atoms with Gasteiger partial charge in [-0.05, 0) is 55.3 Å². The molecule has 1 fully saturated rings. The number of piperazine rings is 1. The molecule has 29 heavy (non-hydrogen) atoms. The molecule has 1 heterocycles. The van der Waals surface area contributed by atoms with E-state index in [9.17, 15) is 14.7 Å². The SMILES string of the molecule is COc1ccc2cc(C(C(=O)O)N3CCN(C(=O)OC(C)(C)C)CC3)ccc2c1. The average Bonchev–Trinajstić information content (AvgIpc) is 2.66. The molecule has 1 amide bonds. The van der Waals surface area contributed by atoms with E-state index < -0.39 is 17.6 Å². The molecule has 1 unspecified atom stereocenters. The van der Waals surface area contributed by atoms with Gasteiger partial charge in [0, 0.05) is 26.2 Å². The predicted molar refractivity (Wildman–Crippen MR) is 110 cm³/mol. The van der Waals surface area contributed by atoms with Crippen molar-refractivity contribution in [3.8, 4) is 5.75 Å². The fourth-order valence-electron chi connectivity index (χ4n) is 3.54. The van der Waals surface area contributed by atoms with Crippen LogP contribution in [0.3, 0.4) is 0 Å². The Kier molecular flexibility index (Phi) is 5.98. The minimum absolute atomic E-state index is 0.358. The number of fused-ring (bicyclic) bond motifs is 1. The zero-order valence-electron chi connectivity index (χ0n) is 17.3. The van der Waals surface area contributed by atoms with Crippen LogP contribution in [0.4, 0.5) is 4.79 Å². The van der Waals surface area contributed by atoms with Crippen LogP contribution in [0, 0.1) is 0 Å². The third-order valence-electron chi connectivity index (χ3n) is 4.95. The fraction of sp³-hybridized carbons (Fsp3) is 0.455. The number of aliphatic carboxylic acids is 1. The summed E-state index contributed by atoms with van der Waals surface area (Å²) < 4.78 is 10.7. The molecule has 1 aliphatic heterocycles. The van der Waals surface area contributed by atoms with Crippen LogP contribution in [0.15, 0.2) is 36.4 Å². The second kappa shape index (κ2) is 8.29. The second-order valence-electron chi connectivity index (χ2n) is 8.22. The Morgan fingerprint density at radius 2 is 1.62 bits per heavy atom. The van der Waals surface area contributed by atoms with E-state index in [0.29, 0.717) is 26.2 Å². The van der Waals surface area contributed by atoms with Crippen LogP contribution in [0.2, 0.25) is 0 Å². The zero-order chi connectivity index (χ0) is 21.2. The van der Waals surface area contributed by atoms with Crippen LogP contribution >= 0.6 is 0 Å². The molecule has 0 radical (unpaired) electrons. The number of nitrogens with zero attached hydrogens (tertiary/aromatic N) is 2. The Labute approximate surface area is 170 Å². The van der Waals surface area contributed by atoms with Gasteiger partial charge in [-0.15, -0.1) is 0 Å². The number of methoxy groups -OCH3 is 1. The van der Waals surface area contributed by atoms with Gasteiger partial charge in [-0.25, -0.2) is 4.79 Å². The van der Waals surface area contributed by atoms with Gasteiger partial charge in [0.05, 0.1) is 7.11 Å². The first-order chi connectivity index (χ1) is 13.7.